The van der Waals surface area contributed by atoms with E-state index in [1.165, 1.54) is 20.4 Å². The van der Waals surface area contributed by atoms with E-state index in [1.807, 2.05) is 12.0 Å². The van der Waals surface area contributed by atoms with Crippen LogP contribution in [-0.4, -0.2) is 76.4 Å². The number of aromatic nitrogens is 1. The number of halogens is 2. The number of hydrogen-bond donors (Lipinski definition) is 1. The van der Waals surface area contributed by atoms with Gasteiger partial charge in [0.1, 0.15) is 13.0 Å². The first-order valence-electron chi connectivity index (χ1n) is 13.4. The number of carbonyl (C=O) groups is 1. The highest BCUT2D eigenvalue weighted by Crippen LogP contribution is 2.55. The fraction of sp³-hybridized carbons (Fsp3) is 0.464. The predicted octanol–water partition coefficient (Wildman–Crippen LogP) is 3.52. The topological polar surface area (TPSA) is 88.0 Å². The summed E-state index contributed by atoms with van der Waals surface area (Å²) in [5.41, 5.74) is 1.55. The predicted molar refractivity (Wildman–Crippen MR) is 146 cm³/mol. The van der Waals surface area contributed by atoms with E-state index in [0.717, 1.165) is 75.0 Å². The lowest BCUT2D eigenvalue weighted by Crippen LogP contribution is -2.45. The molecule has 2 fully saturated rings. The number of pyridine rings is 1. The number of morpholine rings is 1. The van der Waals surface area contributed by atoms with Crippen molar-refractivity contribution in [1.82, 2.24) is 9.88 Å². The molecule has 0 bridgehead atoms. The molecule has 1 saturated heterocycles. The van der Waals surface area contributed by atoms with Crippen molar-refractivity contribution < 1.29 is 27.8 Å². The van der Waals surface area contributed by atoms with Crippen LogP contribution in [0.5, 0.6) is 11.5 Å². The van der Waals surface area contributed by atoms with E-state index in [4.69, 9.17) is 19.6 Å². The summed E-state index contributed by atoms with van der Waals surface area (Å²) < 4.78 is 46.1. The molecule has 1 aromatic heterocycles. The minimum absolute atomic E-state index is 0.0292. The van der Waals surface area contributed by atoms with Crippen LogP contribution in [0, 0.1) is 17.0 Å². The molecule has 1 aliphatic carbocycles. The van der Waals surface area contributed by atoms with Crippen LogP contribution in [0.2, 0.25) is 6.32 Å². The van der Waals surface area contributed by atoms with E-state index in [2.05, 4.69) is 9.88 Å². The molecule has 1 aromatic carbocycles. The van der Waals surface area contributed by atoms with Gasteiger partial charge in [-0.25, -0.2) is 8.78 Å². The number of ether oxygens (including phenoxy) is 3. The first-order chi connectivity index (χ1) is 18.9. The number of allylic oxidation sites excluding steroid dienone is 1. The second-order valence-electron chi connectivity index (χ2n) is 10.2. The molecule has 0 atom stereocenters. The van der Waals surface area contributed by atoms with Crippen LogP contribution in [0.3, 0.4) is 0 Å². The number of fused-ring (bicyclic) bond motifs is 2. The molecule has 2 aliphatic heterocycles. The van der Waals surface area contributed by atoms with Crippen LogP contribution in [0.25, 0.3) is 5.57 Å². The number of methoxy groups -OCH3 is 2. The maximum Gasteiger partial charge on any atom is 0.238 e. The molecule has 5 rings (SSSR count). The van der Waals surface area contributed by atoms with Crippen molar-refractivity contribution in [2.75, 3.05) is 52.0 Å². The average Bonchev–Trinajstić information content (AvgIpc) is 3.76. The van der Waals surface area contributed by atoms with Gasteiger partial charge in [0.05, 0.1) is 45.1 Å². The first kappa shape index (κ1) is 27.3. The fourth-order valence-electron chi connectivity index (χ4n) is 5.53. The summed E-state index contributed by atoms with van der Waals surface area (Å²) in [6, 6.07) is 3.01. The molecular formula is C28H33BF2N4O4. The molecule has 1 saturated carbocycles. The van der Waals surface area contributed by atoms with Crippen molar-refractivity contribution in [2.24, 2.45) is 0 Å². The molecule has 8 nitrogen and oxygen atoms in total. The highest BCUT2D eigenvalue weighted by molar-refractivity contribution is 6.45. The minimum atomic E-state index is -0.948. The number of hydrogen-bond acceptors (Lipinski definition) is 7. The van der Waals surface area contributed by atoms with E-state index in [0.29, 0.717) is 24.1 Å². The third kappa shape index (κ3) is 5.17. The van der Waals surface area contributed by atoms with E-state index in [9.17, 15) is 4.79 Å². The number of rotatable bonds is 10. The standard InChI is InChI=1S/C28H33BF2N4O4/c1-37-22-13-23(38-2)25(31)26(24(22)30)35-17-19-16-33-21(12-20(19)28(4-5-28)27(35)36)18(15-32)14-29-6-3-7-34-8-10-39-11-9-34/h12-16,29,32H,3-11,17H2,1-2H3/b18-14+,32-15?. The average molecular weight is 538 g/mol. The zero-order valence-corrected chi connectivity index (χ0v) is 22.4. The third-order valence-corrected chi connectivity index (χ3v) is 7.90. The number of carbonyl (C=O) groups excluding carboxylic acids is 1. The Labute approximate surface area is 227 Å². The molecule has 3 heterocycles. The molecule has 39 heavy (non-hydrogen) atoms. The second-order valence-corrected chi connectivity index (χ2v) is 10.2. The Hall–Kier alpha value is -3.31. The molecule has 0 unspecified atom stereocenters. The van der Waals surface area contributed by atoms with Gasteiger partial charge in [0, 0.05) is 37.1 Å². The van der Waals surface area contributed by atoms with Crippen molar-refractivity contribution in [1.29, 1.82) is 5.41 Å². The van der Waals surface area contributed by atoms with Gasteiger partial charge in [0.15, 0.2) is 23.1 Å². The van der Waals surface area contributed by atoms with Gasteiger partial charge < -0.3 is 24.5 Å². The van der Waals surface area contributed by atoms with Crippen molar-refractivity contribution in [2.45, 2.75) is 37.5 Å². The summed E-state index contributed by atoms with van der Waals surface area (Å²) in [6.45, 7) is 4.54. The lowest BCUT2D eigenvalue weighted by atomic mass is 9.71. The van der Waals surface area contributed by atoms with E-state index in [1.54, 1.807) is 6.20 Å². The highest BCUT2D eigenvalue weighted by Gasteiger charge is 2.57. The molecule has 1 amide bonds. The SMILES string of the molecule is COc1cc(OC)c(F)c(N2Cc3cnc(/C(C=N)=C/BCCCN4CCOCC4)cc3C3(CC3)C2=O)c1F. The minimum Gasteiger partial charge on any atom is -0.493 e. The maximum atomic E-state index is 15.3. The Balaban J connectivity index is 1.37. The highest BCUT2D eigenvalue weighted by atomic mass is 19.1. The van der Waals surface area contributed by atoms with Crippen molar-refractivity contribution in [3.63, 3.8) is 0 Å². The largest absolute Gasteiger partial charge is 0.493 e. The summed E-state index contributed by atoms with van der Waals surface area (Å²) in [5, 5.41) is 7.96. The van der Waals surface area contributed by atoms with Crippen LogP contribution in [0.4, 0.5) is 14.5 Å². The Kier molecular flexibility index (Phi) is 7.99. The molecular weight excluding hydrogens is 505 g/mol. The summed E-state index contributed by atoms with van der Waals surface area (Å²) in [7, 11) is 3.38. The lowest BCUT2D eigenvalue weighted by molar-refractivity contribution is -0.121. The molecule has 3 aliphatic rings. The summed E-state index contributed by atoms with van der Waals surface area (Å²) in [6.07, 6.45) is 6.17. The Morgan fingerprint density at radius 2 is 1.87 bits per heavy atom. The van der Waals surface area contributed by atoms with Gasteiger partial charge in [-0.2, -0.15) is 0 Å². The van der Waals surface area contributed by atoms with Crippen LogP contribution in [0.1, 0.15) is 36.1 Å². The van der Waals surface area contributed by atoms with Crippen molar-refractivity contribution in [3.8, 4) is 11.5 Å². The Morgan fingerprint density at radius 3 is 2.49 bits per heavy atom. The van der Waals surface area contributed by atoms with Gasteiger partial charge >= 0.3 is 0 Å². The molecule has 1 N–H and O–H groups in total. The molecule has 1 spiro atoms. The van der Waals surface area contributed by atoms with Crippen LogP contribution < -0.4 is 14.4 Å². The van der Waals surface area contributed by atoms with E-state index in [-0.39, 0.29) is 24.0 Å². The summed E-state index contributed by atoms with van der Waals surface area (Å²) >= 11 is 0. The summed E-state index contributed by atoms with van der Waals surface area (Å²) in [4.78, 5) is 21.9. The van der Waals surface area contributed by atoms with E-state index >= 15 is 8.78 Å². The number of amides is 1. The molecule has 206 valence electrons. The van der Waals surface area contributed by atoms with Crippen molar-refractivity contribution in [3.05, 3.63) is 52.8 Å². The lowest BCUT2D eigenvalue weighted by Gasteiger charge is -2.35. The van der Waals surface area contributed by atoms with Crippen molar-refractivity contribution >= 4 is 30.7 Å². The Bertz CT molecular complexity index is 1270. The Morgan fingerprint density at radius 1 is 1.18 bits per heavy atom. The van der Waals surface area contributed by atoms with Gasteiger partial charge in [-0.15, -0.1) is 5.98 Å². The van der Waals surface area contributed by atoms with Gasteiger partial charge in [0.2, 0.25) is 5.91 Å². The number of nitrogens with zero attached hydrogens (tertiary/aromatic N) is 3. The fourth-order valence-corrected chi connectivity index (χ4v) is 5.53. The quantitative estimate of drug-likeness (QED) is 0.283. The smallest absolute Gasteiger partial charge is 0.238 e. The number of nitrogens with one attached hydrogen (secondary N) is 1. The van der Waals surface area contributed by atoms with Crippen LogP contribution >= 0.6 is 0 Å². The maximum absolute atomic E-state index is 15.3. The van der Waals surface area contributed by atoms with Gasteiger partial charge in [0.25, 0.3) is 0 Å². The van der Waals surface area contributed by atoms with Gasteiger partial charge in [-0.1, -0.05) is 6.32 Å². The molecule has 2 aromatic rings. The first-order valence-corrected chi connectivity index (χ1v) is 13.4. The number of benzene rings is 1. The van der Waals surface area contributed by atoms with Gasteiger partial charge in [-0.3, -0.25) is 14.7 Å². The third-order valence-electron chi connectivity index (χ3n) is 7.90. The normalized spacial score (nSPS) is 18.6. The summed E-state index contributed by atoms with van der Waals surface area (Å²) in [5.74, 6) is -0.642. The molecule has 11 heteroatoms. The number of anilines is 1. The molecule has 0 radical (unpaired) electrons. The van der Waals surface area contributed by atoms with E-state index < -0.39 is 22.7 Å². The van der Waals surface area contributed by atoms with Crippen LogP contribution in [-0.2, 0) is 21.5 Å². The zero-order chi connectivity index (χ0) is 27.6. The second kappa shape index (κ2) is 11.4. The van der Waals surface area contributed by atoms with Crippen LogP contribution in [0.15, 0.2) is 24.3 Å². The van der Waals surface area contributed by atoms with Gasteiger partial charge in [-0.05, 0) is 43.0 Å². The zero-order valence-electron chi connectivity index (χ0n) is 22.4. The monoisotopic (exact) mass is 538 g/mol.